The SMILES string of the molecule is CNC(=O)Nc1nc(N)c(-c2nc(-c3cccc(NC(=O)C4CC(=O)OC4(C)C)c3)cs2)s1. The second-order valence-electron chi connectivity index (χ2n) is 7.88. The summed E-state index contributed by atoms with van der Waals surface area (Å²) in [6.07, 6.45) is 0.0566. The average molecular weight is 487 g/mol. The predicted molar refractivity (Wildman–Crippen MR) is 128 cm³/mol. The van der Waals surface area contributed by atoms with Crippen molar-refractivity contribution in [3.8, 4) is 21.1 Å². The van der Waals surface area contributed by atoms with Crippen molar-refractivity contribution in [2.45, 2.75) is 25.9 Å². The fraction of sp³-hybridized carbons (Fsp3) is 0.286. The Kier molecular flexibility index (Phi) is 6.04. The minimum absolute atomic E-state index is 0.0566. The molecule has 5 N–H and O–H groups in total. The number of anilines is 3. The molecule has 33 heavy (non-hydrogen) atoms. The number of urea groups is 1. The maximum absolute atomic E-state index is 12.7. The predicted octanol–water partition coefficient (Wildman–Crippen LogP) is 3.55. The van der Waals surface area contributed by atoms with Crippen molar-refractivity contribution in [3.05, 3.63) is 29.6 Å². The number of amides is 3. The van der Waals surface area contributed by atoms with Crippen molar-refractivity contribution in [2.24, 2.45) is 5.92 Å². The van der Waals surface area contributed by atoms with E-state index < -0.39 is 11.5 Å². The molecule has 0 saturated carbocycles. The molecule has 2 aromatic heterocycles. The molecule has 3 aromatic rings. The van der Waals surface area contributed by atoms with Gasteiger partial charge in [0.2, 0.25) is 5.91 Å². The van der Waals surface area contributed by atoms with Crippen LogP contribution in [0.2, 0.25) is 0 Å². The van der Waals surface area contributed by atoms with Crippen LogP contribution in [-0.4, -0.2) is 40.5 Å². The number of hydrogen-bond acceptors (Lipinski definition) is 9. The van der Waals surface area contributed by atoms with Gasteiger partial charge in [-0.3, -0.25) is 14.9 Å². The van der Waals surface area contributed by atoms with Gasteiger partial charge in [-0.15, -0.1) is 11.3 Å². The summed E-state index contributed by atoms with van der Waals surface area (Å²) in [6, 6.07) is 6.91. The van der Waals surface area contributed by atoms with Crippen LogP contribution >= 0.6 is 22.7 Å². The van der Waals surface area contributed by atoms with Gasteiger partial charge in [0.15, 0.2) is 5.13 Å². The van der Waals surface area contributed by atoms with E-state index in [0.717, 1.165) is 5.56 Å². The standard InChI is InChI=1S/C21H22N6O4S2/c1-21(2)12(8-14(28)31-21)17(29)24-11-6-4-5-10(7-11)13-9-32-18(25-13)15-16(22)26-20(33-15)27-19(30)23-3/h4-7,9,12H,8,22H2,1-3H3,(H,24,29)(H2,23,26,27,30). The zero-order chi connectivity index (χ0) is 23.8. The first kappa shape index (κ1) is 22.7. The summed E-state index contributed by atoms with van der Waals surface area (Å²) in [4.78, 5) is 45.4. The molecule has 1 aliphatic rings. The lowest BCUT2D eigenvalue weighted by molar-refractivity contribution is -0.147. The summed E-state index contributed by atoms with van der Waals surface area (Å²) >= 11 is 2.63. The molecule has 1 atom stereocenters. The van der Waals surface area contributed by atoms with E-state index in [9.17, 15) is 14.4 Å². The highest BCUT2D eigenvalue weighted by atomic mass is 32.1. The number of carbonyl (C=O) groups excluding carboxylic acids is 3. The lowest BCUT2D eigenvalue weighted by Gasteiger charge is -2.23. The van der Waals surface area contributed by atoms with Crippen molar-refractivity contribution in [3.63, 3.8) is 0 Å². The molecule has 12 heteroatoms. The molecule has 0 radical (unpaired) electrons. The Morgan fingerprint density at radius 3 is 2.73 bits per heavy atom. The Bertz CT molecular complexity index is 1240. The zero-order valence-electron chi connectivity index (χ0n) is 18.1. The minimum Gasteiger partial charge on any atom is -0.459 e. The largest absolute Gasteiger partial charge is 0.459 e. The van der Waals surface area contributed by atoms with Gasteiger partial charge >= 0.3 is 12.0 Å². The number of cyclic esters (lactones) is 1. The highest BCUT2D eigenvalue weighted by molar-refractivity contribution is 7.23. The molecular weight excluding hydrogens is 464 g/mol. The van der Waals surface area contributed by atoms with Gasteiger partial charge in [-0.2, -0.15) is 0 Å². The van der Waals surface area contributed by atoms with Gasteiger partial charge in [0, 0.05) is 23.7 Å². The third-order valence-electron chi connectivity index (χ3n) is 5.13. The molecule has 0 spiro atoms. The molecule has 1 fully saturated rings. The number of nitrogens with zero attached hydrogens (tertiary/aromatic N) is 2. The highest BCUT2D eigenvalue weighted by Gasteiger charge is 2.46. The van der Waals surface area contributed by atoms with Crippen LogP contribution in [-0.2, 0) is 14.3 Å². The zero-order valence-corrected chi connectivity index (χ0v) is 19.7. The molecule has 1 saturated heterocycles. The molecule has 172 valence electrons. The lowest BCUT2D eigenvalue weighted by Crippen LogP contribution is -2.36. The van der Waals surface area contributed by atoms with E-state index in [0.29, 0.717) is 26.4 Å². The number of carbonyl (C=O) groups is 3. The van der Waals surface area contributed by atoms with E-state index in [1.165, 1.54) is 29.7 Å². The number of nitrogens with two attached hydrogens (primary N) is 1. The van der Waals surface area contributed by atoms with Crippen molar-refractivity contribution in [2.75, 3.05) is 23.4 Å². The first-order valence-corrected chi connectivity index (χ1v) is 11.7. The summed E-state index contributed by atoms with van der Waals surface area (Å²) < 4.78 is 5.25. The van der Waals surface area contributed by atoms with E-state index in [1.807, 2.05) is 23.6 Å². The van der Waals surface area contributed by atoms with Gasteiger partial charge < -0.3 is 21.1 Å². The Morgan fingerprint density at radius 2 is 2.03 bits per heavy atom. The van der Waals surface area contributed by atoms with Crippen molar-refractivity contribution in [1.82, 2.24) is 15.3 Å². The van der Waals surface area contributed by atoms with E-state index >= 15 is 0 Å². The molecule has 3 heterocycles. The molecule has 1 aliphatic heterocycles. The van der Waals surface area contributed by atoms with Crippen LogP contribution in [0.15, 0.2) is 29.6 Å². The Hall–Kier alpha value is -3.51. The lowest BCUT2D eigenvalue weighted by atomic mass is 9.90. The van der Waals surface area contributed by atoms with Gasteiger partial charge in [0.25, 0.3) is 0 Å². The van der Waals surface area contributed by atoms with Gasteiger partial charge in [-0.05, 0) is 26.0 Å². The van der Waals surface area contributed by atoms with Gasteiger partial charge in [0.05, 0.1) is 18.0 Å². The number of nitrogens with one attached hydrogen (secondary N) is 3. The van der Waals surface area contributed by atoms with Crippen molar-refractivity contribution < 1.29 is 19.1 Å². The third kappa shape index (κ3) is 4.81. The maximum atomic E-state index is 12.7. The Labute approximate surface area is 197 Å². The summed E-state index contributed by atoms with van der Waals surface area (Å²) in [6.45, 7) is 3.46. The van der Waals surface area contributed by atoms with Crippen LogP contribution in [0.4, 0.5) is 21.4 Å². The summed E-state index contributed by atoms with van der Waals surface area (Å²) in [5.74, 6) is -0.925. The fourth-order valence-corrected chi connectivity index (χ4v) is 5.23. The molecule has 0 aliphatic carbocycles. The quantitative estimate of drug-likeness (QED) is 0.403. The van der Waals surface area contributed by atoms with Crippen LogP contribution in [0.5, 0.6) is 0 Å². The number of esters is 1. The number of ether oxygens (including phenoxy) is 1. The molecule has 1 aromatic carbocycles. The molecular formula is C21H22N6O4S2. The number of rotatable bonds is 5. The first-order valence-electron chi connectivity index (χ1n) is 10.0. The minimum atomic E-state index is -0.844. The van der Waals surface area contributed by atoms with Crippen LogP contribution in [0, 0.1) is 5.92 Å². The van der Waals surface area contributed by atoms with Gasteiger partial charge in [0.1, 0.15) is 21.3 Å². The molecule has 0 bridgehead atoms. The van der Waals surface area contributed by atoms with E-state index in [-0.39, 0.29) is 30.1 Å². The molecule has 10 nitrogen and oxygen atoms in total. The molecule has 3 amide bonds. The summed E-state index contributed by atoms with van der Waals surface area (Å²) in [5.41, 5.74) is 7.28. The van der Waals surface area contributed by atoms with Crippen LogP contribution in [0.25, 0.3) is 21.1 Å². The monoisotopic (exact) mass is 486 g/mol. The number of thiazole rings is 2. The van der Waals surface area contributed by atoms with Gasteiger partial charge in [-0.25, -0.2) is 14.8 Å². The second-order valence-corrected chi connectivity index (χ2v) is 9.74. The van der Waals surface area contributed by atoms with E-state index in [1.54, 1.807) is 19.9 Å². The van der Waals surface area contributed by atoms with E-state index in [4.69, 9.17) is 10.5 Å². The Balaban J connectivity index is 1.52. The topological polar surface area (TPSA) is 148 Å². The first-order chi connectivity index (χ1) is 15.7. The number of hydrogen-bond donors (Lipinski definition) is 4. The van der Waals surface area contributed by atoms with Crippen molar-refractivity contribution in [1.29, 1.82) is 0 Å². The summed E-state index contributed by atoms with van der Waals surface area (Å²) in [5, 5.41) is 10.9. The smallest absolute Gasteiger partial charge is 0.320 e. The van der Waals surface area contributed by atoms with Crippen LogP contribution < -0.4 is 21.7 Å². The summed E-state index contributed by atoms with van der Waals surface area (Å²) in [7, 11) is 1.51. The average Bonchev–Trinajstić information content (AvgIpc) is 3.44. The van der Waals surface area contributed by atoms with Crippen LogP contribution in [0.3, 0.4) is 0 Å². The number of benzene rings is 1. The van der Waals surface area contributed by atoms with E-state index in [2.05, 4.69) is 25.9 Å². The van der Waals surface area contributed by atoms with Crippen LogP contribution in [0.1, 0.15) is 20.3 Å². The maximum Gasteiger partial charge on any atom is 0.320 e. The Morgan fingerprint density at radius 1 is 1.24 bits per heavy atom. The second kappa shape index (κ2) is 8.79. The van der Waals surface area contributed by atoms with Gasteiger partial charge in [-0.1, -0.05) is 23.5 Å². The number of aromatic nitrogens is 2. The molecule has 1 unspecified atom stereocenters. The number of nitrogen functional groups attached to an aromatic ring is 1. The highest BCUT2D eigenvalue weighted by Crippen LogP contribution is 2.38. The molecule has 4 rings (SSSR count). The van der Waals surface area contributed by atoms with Crippen molar-refractivity contribution >= 4 is 57.2 Å². The third-order valence-corrected chi connectivity index (χ3v) is 7.11. The fourth-order valence-electron chi connectivity index (χ4n) is 3.42. The normalized spacial score (nSPS) is 16.8.